The van der Waals surface area contributed by atoms with E-state index < -0.39 is 5.82 Å². The fourth-order valence-electron chi connectivity index (χ4n) is 3.48. The van der Waals surface area contributed by atoms with Gasteiger partial charge in [-0.2, -0.15) is 4.98 Å². The van der Waals surface area contributed by atoms with Crippen molar-refractivity contribution in [3.8, 4) is 28.7 Å². The lowest BCUT2D eigenvalue weighted by Crippen LogP contribution is -2.39. The molecule has 0 aliphatic carbocycles. The van der Waals surface area contributed by atoms with Crippen molar-refractivity contribution in [2.24, 2.45) is 0 Å². The van der Waals surface area contributed by atoms with Crippen molar-refractivity contribution in [2.45, 2.75) is 32.2 Å². The van der Waals surface area contributed by atoms with E-state index in [4.69, 9.17) is 9.26 Å². The molecule has 0 saturated carbocycles. The minimum Gasteiger partial charge on any atom is -0.491 e. The lowest BCUT2D eigenvalue weighted by molar-refractivity contribution is 0.133. The first kappa shape index (κ1) is 18.6. The Labute approximate surface area is 163 Å². The van der Waals surface area contributed by atoms with E-state index >= 15 is 0 Å². The molecule has 2 aromatic heterocycles. The second-order valence-electron chi connectivity index (χ2n) is 7.01. The van der Waals surface area contributed by atoms with Crippen LogP contribution in [0.25, 0.3) is 23.0 Å². The highest BCUT2D eigenvalue weighted by Crippen LogP contribution is 2.30. The van der Waals surface area contributed by atoms with E-state index in [0.29, 0.717) is 35.8 Å². The van der Waals surface area contributed by atoms with Crippen LogP contribution in [0.15, 0.2) is 47.1 Å². The van der Waals surface area contributed by atoms with Crippen LogP contribution in [0, 0.1) is 5.82 Å². The van der Waals surface area contributed by atoms with Gasteiger partial charge in [0.1, 0.15) is 23.9 Å². The zero-order valence-corrected chi connectivity index (χ0v) is 15.8. The van der Waals surface area contributed by atoms with Crippen molar-refractivity contribution >= 4 is 0 Å². The Balaban J connectivity index is 1.46. The van der Waals surface area contributed by atoms with Crippen molar-refractivity contribution in [3.05, 3.63) is 48.4 Å². The Hall–Kier alpha value is -2.80. The zero-order chi connectivity index (χ0) is 19.3. The monoisotopic (exact) mass is 382 g/mol. The summed E-state index contributed by atoms with van der Waals surface area (Å²) in [5, 5.41) is 3.96. The van der Waals surface area contributed by atoms with Crippen LogP contribution in [0.3, 0.4) is 0 Å². The standard InChI is InChI=1S/C21H23FN4O2/c1-15-6-4-5-11-26(15)12-13-27-19-8-3-2-7-17(19)21-24-20(25-28-21)18-10-9-16(22)14-23-18/h2-3,7-10,14-15H,4-6,11-13H2,1H3. The number of hydrogen-bond acceptors (Lipinski definition) is 6. The number of benzene rings is 1. The molecule has 7 heteroatoms. The molecule has 3 heterocycles. The smallest absolute Gasteiger partial charge is 0.262 e. The van der Waals surface area contributed by atoms with E-state index in [0.717, 1.165) is 24.8 Å². The number of hydrogen-bond donors (Lipinski definition) is 0. The van der Waals surface area contributed by atoms with E-state index in [1.807, 2.05) is 24.3 Å². The summed E-state index contributed by atoms with van der Waals surface area (Å²) in [6.07, 6.45) is 4.94. The fraction of sp³-hybridized carbons (Fsp3) is 0.381. The van der Waals surface area contributed by atoms with Gasteiger partial charge < -0.3 is 9.26 Å². The van der Waals surface area contributed by atoms with Crippen LogP contribution in [0.2, 0.25) is 0 Å². The number of para-hydroxylation sites is 1. The third-order valence-electron chi connectivity index (χ3n) is 5.08. The molecule has 1 unspecified atom stereocenters. The van der Waals surface area contributed by atoms with Crippen LogP contribution >= 0.6 is 0 Å². The number of rotatable bonds is 6. The van der Waals surface area contributed by atoms with Crippen LogP contribution in [0.5, 0.6) is 5.75 Å². The van der Waals surface area contributed by atoms with Gasteiger partial charge in [-0.15, -0.1) is 0 Å². The lowest BCUT2D eigenvalue weighted by atomic mass is 10.0. The summed E-state index contributed by atoms with van der Waals surface area (Å²) in [7, 11) is 0. The lowest BCUT2D eigenvalue weighted by Gasteiger charge is -2.33. The average molecular weight is 382 g/mol. The molecule has 0 spiro atoms. The van der Waals surface area contributed by atoms with Crippen molar-refractivity contribution < 1.29 is 13.7 Å². The largest absolute Gasteiger partial charge is 0.491 e. The summed E-state index contributed by atoms with van der Waals surface area (Å²) >= 11 is 0. The molecule has 1 atom stereocenters. The van der Waals surface area contributed by atoms with Crippen molar-refractivity contribution in [1.29, 1.82) is 0 Å². The number of likely N-dealkylation sites (tertiary alicyclic amines) is 1. The Kier molecular flexibility index (Phi) is 5.62. The molecule has 1 saturated heterocycles. The maximum absolute atomic E-state index is 13.1. The van der Waals surface area contributed by atoms with Crippen LogP contribution in [-0.2, 0) is 0 Å². The molecule has 1 fully saturated rings. The van der Waals surface area contributed by atoms with E-state index in [1.54, 1.807) is 0 Å². The summed E-state index contributed by atoms with van der Waals surface area (Å²) in [6.45, 7) is 4.90. The quantitative estimate of drug-likeness (QED) is 0.637. The molecule has 3 aromatic rings. The Morgan fingerprint density at radius 3 is 2.93 bits per heavy atom. The molecule has 1 aliphatic rings. The van der Waals surface area contributed by atoms with Gasteiger partial charge >= 0.3 is 0 Å². The summed E-state index contributed by atoms with van der Waals surface area (Å²) in [5.74, 6) is 0.957. The molecule has 1 aliphatic heterocycles. The maximum atomic E-state index is 13.1. The Morgan fingerprint density at radius 1 is 1.21 bits per heavy atom. The number of aromatic nitrogens is 3. The fourth-order valence-corrected chi connectivity index (χ4v) is 3.48. The molecule has 0 radical (unpaired) electrons. The third-order valence-corrected chi connectivity index (χ3v) is 5.08. The van der Waals surface area contributed by atoms with Gasteiger partial charge in [-0.1, -0.05) is 23.7 Å². The summed E-state index contributed by atoms with van der Waals surface area (Å²) in [4.78, 5) is 10.9. The zero-order valence-electron chi connectivity index (χ0n) is 15.8. The number of halogens is 1. The minimum absolute atomic E-state index is 0.312. The predicted octanol–water partition coefficient (Wildman–Crippen LogP) is 4.19. The highest BCUT2D eigenvalue weighted by atomic mass is 19.1. The van der Waals surface area contributed by atoms with Gasteiger partial charge in [-0.05, 0) is 50.6 Å². The van der Waals surface area contributed by atoms with Crippen LogP contribution < -0.4 is 4.74 Å². The first-order valence-corrected chi connectivity index (χ1v) is 9.62. The summed E-state index contributed by atoms with van der Waals surface area (Å²) in [5.41, 5.74) is 1.18. The van der Waals surface area contributed by atoms with Gasteiger partial charge in [0, 0.05) is 12.6 Å². The van der Waals surface area contributed by atoms with Crippen LogP contribution in [0.4, 0.5) is 4.39 Å². The summed E-state index contributed by atoms with van der Waals surface area (Å²) in [6, 6.07) is 11.0. The SMILES string of the molecule is CC1CCCCN1CCOc1ccccc1-c1nc(-c2ccc(F)cn2)no1. The van der Waals surface area contributed by atoms with Gasteiger partial charge in [0.25, 0.3) is 5.89 Å². The van der Waals surface area contributed by atoms with Gasteiger partial charge in [0.2, 0.25) is 5.82 Å². The van der Waals surface area contributed by atoms with E-state index in [9.17, 15) is 4.39 Å². The van der Waals surface area contributed by atoms with E-state index in [-0.39, 0.29) is 0 Å². The molecule has 146 valence electrons. The third kappa shape index (κ3) is 4.20. The number of nitrogens with zero attached hydrogens (tertiary/aromatic N) is 4. The molecule has 0 N–H and O–H groups in total. The first-order chi connectivity index (χ1) is 13.7. The second-order valence-corrected chi connectivity index (χ2v) is 7.01. The molecule has 0 amide bonds. The molecule has 6 nitrogen and oxygen atoms in total. The number of ether oxygens (including phenoxy) is 1. The minimum atomic E-state index is -0.408. The van der Waals surface area contributed by atoms with E-state index in [1.165, 1.54) is 31.4 Å². The van der Waals surface area contributed by atoms with Gasteiger partial charge in [-0.3, -0.25) is 4.90 Å². The molecular formula is C21H23FN4O2. The molecule has 0 bridgehead atoms. The molecular weight excluding hydrogens is 359 g/mol. The average Bonchev–Trinajstić information content (AvgIpc) is 3.20. The topological polar surface area (TPSA) is 64.3 Å². The Morgan fingerprint density at radius 2 is 2.11 bits per heavy atom. The summed E-state index contributed by atoms with van der Waals surface area (Å²) < 4.78 is 24.5. The molecule has 4 rings (SSSR count). The maximum Gasteiger partial charge on any atom is 0.262 e. The molecule has 28 heavy (non-hydrogen) atoms. The Bertz CT molecular complexity index is 913. The van der Waals surface area contributed by atoms with Gasteiger partial charge in [-0.25, -0.2) is 9.37 Å². The van der Waals surface area contributed by atoms with E-state index in [2.05, 4.69) is 26.9 Å². The van der Waals surface area contributed by atoms with Crippen molar-refractivity contribution in [1.82, 2.24) is 20.0 Å². The number of pyridine rings is 1. The van der Waals surface area contributed by atoms with Crippen molar-refractivity contribution in [2.75, 3.05) is 19.7 Å². The van der Waals surface area contributed by atoms with Crippen molar-refractivity contribution in [3.63, 3.8) is 0 Å². The van der Waals surface area contributed by atoms with Crippen LogP contribution in [-0.4, -0.2) is 45.8 Å². The second kappa shape index (κ2) is 8.48. The highest BCUT2D eigenvalue weighted by molar-refractivity contribution is 5.64. The highest BCUT2D eigenvalue weighted by Gasteiger charge is 2.19. The normalized spacial score (nSPS) is 17.6. The first-order valence-electron chi connectivity index (χ1n) is 9.62. The van der Waals surface area contributed by atoms with Gasteiger partial charge in [0.05, 0.1) is 11.8 Å². The predicted molar refractivity (Wildman–Crippen MR) is 103 cm³/mol. The molecule has 1 aromatic carbocycles. The van der Waals surface area contributed by atoms with Gasteiger partial charge in [0.15, 0.2) is 0 Å². The van der Waals surface area contributed by atoms with Crippen LogP contribution in [0.1, 0.15) is 26.2 Å². The number of piperidine rings is 1.